The van der Waals surface area contributed by atoms with Crippen LogP contribution in [0, 0.1) is 0 Å². The van der Waals surface area contributed by atoms with Crippen LogP contribution in [-0.4, -0.2) is 22.6 Å². The maximum Gasteiger partial charge on any atom is 0.331 e. The van der Waals surface area contributed by atoms with Crippen molar-refractivity contribution >= 4 is 11.9 Å². The van der Waals surface area contributed by atoms with E-state index in [4.69, 9.17) is 9.84 Å². The van der Waals surface area contributed by atoms with Crippen molar-refractivity contribution in [2.45, 2.75) is 26.4 Å². The van der Waals surface area contributed by atoms with Gasteiger partial charge in [0.1, 0.15) is 5.60 Å². The maximum atomic E-state index is 10.8. The summed E-state index contributed by atoms with van der Waals surface area (Å²) in [6, 6.07) is 0. The monoisotopic (exact) mass is 172 g/mol. The number of hydrogen-bond acceptors (Lipinski definition) is 3. The van der Waals surface area contributed by atoms with Crippen LogP contribution in [-0.2, 0) is 14.3 Å². The van der Waals surface area contributed by atoms with E-state index in [0.29, 0.717) is 0 Å². The van der Waals surface area contributed by atoms with Crippen LogP contribution in [0.2, 0.25) is 0 Å². The van der Waals surface area contributed by atoms with E-state index in [0.717, 1.165) is 12.2 Å². The Hall–Kier alpha value is -1.32. The number of esters is 1. The standard InChI is InChI=1S/C8H12O4/c1-8(2,3)12-7(11)5-4-6(9)10/h4-5H,1-3H3,(H,9,10)/b5-4+. The minimum absolute atomic E-state index is 0.583. The minimum atomic E-state index is -1.17. The van der Waals surface area contributed by atoms with E-state index in [1.165, 1.54) is 0 Å². The van der Waals surface area contributed by atoms with Gasteiger partial charge in [-0.15, -0.1) is 0 Å². The van der Waals surface area contributed by atoms with Gasteiger partial charge in [0, 0.05) is 12.2 Å². The second-order valence-electron chi connectivity index (χ2n) is 3.21. The van der Waals surface area contributed by atoms with Crippen molar-refractivity contribution in [1.82, 2.24) is 0 Å². The van der Waals surface area contributed by atoms with E-state index in [-0.39, 0.29) is 0 Å². The van der Waals surface area contributed by atoms with Crippen molar-refractivity contribution in [2.24, 2.45) is 0 Å². The molecule has 0 aromatic rings. The Bertz CT molecular complexity index is 210. The normalized spacial score (nSPS) is 11.6. The zero-order chi connectivity index (χ0) is 9.78. The maximum absolute atomic E-state index is 10.8. The van der Waals surface area contributed by atoms with Gasteiger partial charge in [-0.05, 0) is 20.8 Å². The van der Waals surface area contributed by atoms with E-state index < -0.39 is 17.5 Å². The summed E-state index contributed by atoms with van der Waals surface area (Å²) in [5.74, 6) is -1.81. The Morgan fingerprint density at radius 3 is 2.08 bits per heavy atom. The van der Waals surface area contributed by atoms with Gasteiger partial charge < -0.3 is 9.84 Å². The van der Waals surface area contributed by atoms with E-state index >= 15 is 0 Å². The molecule has 0 aliphatic carbocycles. The summed E-state index contributed by atoms with van der Waals surface area (Å²) in [6.07, 6.45) is 1.63. The Balaban J connectivity index is 3.99. The fraction of sp³-hybridized carbons (Fsp3) is 0.500. The lowest BCUT2D eigenvalue weighted by Crippen LogP contribution is -2.22. The molecule has 0 aromatic heterocycles. The van der Waals surface area contributed by atoms with Crippen molar-refractivity contribution in [2.75, 3.05) is 0 Å². The Morgan fingerprint density at radius 1 is 1.25 bits per heavy atom. The van der Waals surface area contributed by atoms with Crippen LogP contribution >= 0.6 is 0 Å². The molecule has 0 spiro atoms. The Labute approximate surface area is 70.8 Å². The summed E-state index contributed by atoms with van der Waals surface area (Å²) < 4.78 is 4.80. The number of aliphatic carboxylic acids is 1. The fourth-order valence-corrected chi connectivity index (χ4v) is 0.475. The number of rotatable bonds is 2. The summed E-state index contributed by atoms with van der Waals surface area (Å²) >= 11 is 0. The molecule has 0 aliphatic rings. The predicted molar refractivity (Wildman–Crippen MR) is 42.6 cm³/mol. The molecule has 4 nitrogen and oxygen atoms in total. The second kappa shape index (κ2) is 3.90. The highest BCUT2D eigenvalue weighted by atomic mass is 16.6. The largest absolute Gasteiger partial charge is 0.478 e. The van der Waals surface area contributed by atoms with Gasteiger partial charge in [-0.2, -0.15) is 0 Å². The third-order valence-corrected chi connectivity index (χ3v) is 0.769. The van der Waals surface area contributed by atoms with E-state index in [1.54, 1.807) is 20.8 Å². The van der Waals surface area contributed by atoms with Crippen LogP contribution in [0.25, 0.3) is 0 Å². The second-order valence-corrected chi connectivity index (χ2v) is 3.21. The molecular weight excluding hydrogens is 160 g/mol. The van der Waals surface area contributed by atoms with Gasteiger partial charge in [-0.25, -0.2) is 9.59 Å². The Morgan fingerprint density at radius 2 is 1.75 bits per heavy atom. The molecule has 0 saturated heterocycles. The fourth-order valence-electron chi connectivity index (χ4n) is 0.475. The summed E-state index contributed by atoms with van der Waals surface area (Å²) in [6.45, 7) is 5.12. The first-order valence-electron chi connectivity index (χ1n) is 3.45. The third kappa shape index (κ3) is 6.80. The summed E-state index contributed by atoms with van der Waals surface area (Å²) in [4.78, 5) is 20.8. The predicted octanol–water partition coefficient (Wildman–Crippen LogP) is 0.969. The quantitative estimate of drug-likeness (QED) is 0.498. The molecule has 4 heteroatoms. The highest BCUT2D eigenvalue weighted by Crippen LogP contribution is 2.06. The molecule has 0 aliphatic heterocycles. The van der Waals surface area contributed by atoms with Gasteiger partial charge in [0.05, 0.1) is 0 Å². The lowest BCUT2D eigenvalue weighted by molar-refractivity contribution is -0.148. The topological polar surface area (TPSA) is 63.6 Å². The van der Waals surface area contributed by atoms with Crippen LogP contribution in [0.15, 0.2) is 12.2 Å². The molecule has 0 fully saturated rings. The molecule has 0 saturated carbocycles. The lowest BCUT2D eigenvalue weighted by atomic mass is 10.2. The Kier molecular flexibility index (Phi) is 3.47. The number of hydrogen-bond donors (Lipinski definition) is 1. The zero-order valence-corrected chi connectivity index (χ0v) is 7.33. The first-order chi connectivity index (χ1) is 5.31. The average Bonchev–Trinajstić information content (AvgIpc) is 1.79. The summed E-state index contributed by atoms with van der Waals surface area (Å²) in [5, 5.41) is 8.17. The van der Waals surface area contributed by atoms with Crippen molar-refractivity contribution in [3.63, 3.8) is 0 Å². The summed E-state index contributed by atoms with van der Waals surface area (Å²) in [5.41, 5.74) is -0.583. The molecule has 0 heterocycles. The summed E-state index contributed by atoms with van der Waals surface area (Å²) in [7, 11) is 0. The van der Waals surface area contributed by atoms with Crippen LogP contribution in [0.1, 0.15) is 20.8 Å². The lowest BCUT2D eigenvalue weighted by Gasteiger charge is -2.17. The number of carboxylic acid groups (broad SMARTS) is 1. The molecule has 0 bridgehead atoms. The van der Waals surface area contributed by atoms with Crippen LogP contribution < -0.4 is 0 Å². The van der Waals surface area contributed by atoms with Crippen molar-refractivity contribution in [1.29, 1.82) is 0 Å². The molecular formula is C8H12O4. The van der Waals surface area contributed by atoms with Crippen LogP contribution in [0.4, 0.5) is 0 Å². The molecule has 68 valence electrons. The van der Waals surface area contributed by atoms with Gasteiger partial charge in [-0.3, -0.25) is 0 Å². The van der Waals surface area contributed by atoms with E-state index in [9.17, 15) is 9.59 Å². The molecule has 0 rings (SSSR count). The molecule has 0 amide bonds. The zero-order valence-electron chi connectivity index (χ0n) is 7.33. The van der Waals surface area contributed by atoms with Crippen molar-refractivity contribution in [3.8, 4) is 0 Å². The van der Waals surface area contributed by atoms with Gasteiger partial charge >= 0.3 is 11.9 Å². The van der Waals surface area contributed by atoms with Gasteiger partial charge in [0.2, 0.25) is 0 Å². The van der Waals surface area contributed by atoms with Crippen LogP contribution in [0.5, 0.6) is 0 Å². The van der Waals surface area contributed by atoms with E-state index in [1.807, 2.05) is 0 Å². The molecule has 0 atom stereocenters. The molecule has 0 radical (unpaired) electrons. The molecule has 0 aromatic carbocycles. The van der Waals surface area contributed by atoms with E-state index in [2.05, 4.69) is 0 Å². The smallest absolute Gasteiger partial charge is 0.331 e. The van der Waals surface area contributed by atoms with Crippen LogP contribution in [0.3, 0.4) is 0 Å². The van der Waals surface area contributed by atoms with Gasteiger partial charge in [-0.1, -0.05) is 0 Å². The molecule has 12 heavy (non-hydrogen) atoms. The first kappa shape index (κ1) is 10.7. The highest BCUT2D eigenvalue weighted by molar-refractivity contribution is 5.90. The highest BCUT2D eigenvalue weighted by Gasteiger charge is 2.13. The first-order valence-corrected chi connectivity index (χ1v) is 3.45. The number of ether oxygens (including phenoxy) is 1. The van der Waals surface area contributed by atoms with Crippen molar-refractivity contribution in [3.05, 3.63) is 12.2 Å². The molecule has 0 unspecified atom stereocenters. The number of carbonyl (C=O) groups excluding carboxylic acids is 1. The molecule has 1 N–H and O–H groups in total. The average molecular weight is 172 g/mol. The minimum Gasteiger partial charge on any atom is -0.478 e. The third-order valence-electron chi connectivity index (χ3n) is 0.769. The number of carboxylic acids is 1. The number of carbonyl (C=O) groups is 2. The van der Waals surface area contributed by atoms with Gasteiger partial charge in [0.25, 0.3) is 0 Å². The SMILES string of the molecule is CC(C)(C)OC(=O)/C=C/C(=O)O. The van der Waals surface area contributed by atoms with Crippen molar-refractivity contribution < 1.29 is 19.4 Å². The van der Waals surface area contributed by atoms with Gasteiger partial charge in [0.15, 0.2) is 0 Å².